The second-order valence-electron chi connectivity index (χ2n) is 3.53. The van der Waals surface area contributed by atoms with Gasteiger partial charge in [0.15, 0.2) is 0 Å². The summed E-state index contributed by atoms with van der Waals surface area (Å²) in [5.74, 6) is 0.159. The summed E-state index contributed by atoms with van der Waals surface area (Å²) >= 11 is 1.53. The number of thiophene rings is 1. The minimum atomic E-state index is -0.375. The Morgan fingerprint density at radius 1 is 1.22 bits per heavy atom. The van der Waals surface area contributed by atoms with E-state index in [1.54, 1.807) is 24.3 Å². The van der Waals surface area contributed by atoms with E-state index < -0.39 is 0 Å². The molecule has 0 aliphatic heterocycles. The van der Waals surface area contributed by atoms with Crippen LogP contribution in [0.5, 0.6) is 5.75 Å². The highest BCUT2D eigenvalue weighted by Crippen LogP contribution is 2.21. The van der Waals surface area contributed by atoms with Crippen LogP contribution >= 0.6 is 11.3 Å². The second-order valence-corrected chi connectivity index (χ2v) is 4.31. The fourth-order valence-corrected chi connectivity index (χ4v) is 2.12. The molecule has 0 atom stereocenters. The third-order valence-electron chi connectivity index (χ3n) is 2.29. The van der Waals surface area contributed by atoms with Gasteiger partial charge in [-0.15, -0.1) is 0 Å². The van der Waals surface area contributed by atoms with E-state index in [0.29, 0.717) is 11.3 Å². The minimum Gasteiger partial charge on any atom is -0.423 e. The predicted molar refractivity (Wildman–Crippen MR) is 74.6 cm³/mol. The van der Waals surface area contributed by atoms with Crippen LogP contribution in [0.4, 0.5) is 0 Å². The van der Waals surface area contributed by atoms with Crippen molar-refractivity contribution in [3.8, 4) is 5.75 Å². The number of carbonyl (C=O) groups excluding carboxylic acids is 1. The highest BCUT2D eigenvalue weighted by Gasteiger charge is 2.13. The fourth-order valence-electron chi connectivity index (χ4n) is 1.47. The van der Waals surface area contributed by atoms with Crippen LogP contribution in [0.3, 0.4) is 0 Å². The van der Waals surface area contributed by atoms with E-state index in [0.717, 1.165) is 5.56 Å². The molecule has 0 amide bonds. The lowest BCUT2D eigenvalue weighted by atomic mass is 10.1. The Bertz CT molecular complexity index is 553. The van der Waals surface area contributed by atoms with Crippen molar-refractivity contribution in [2.45, 2.75) is 0 Å². The molecule has 0 radical (unpaired) electrons. The number of ether oxygens (including phenoxy) is 1. The quantitative estimate of drug-likeness (QED) is 0.358. The van der Waals surface area contributed by atoms with E-state index >= 15 is 0 Å². The number of rotatable bonds is 4. The van der Waals surface area contributed by atoms with Gasteiger partial charge in [-0.25, -0.2) is 4.79 Å². The average Bonchev–Trinajstić information content (AvgIpc) is 2.90. The number of benzene rings is 1. The van der Waals surface area contributed by atoms with Gasteiger partial charge >= 0.3 is 5.97 Å². The maximum Gasteiger partial charge on any atom is 0.344 e. The molecular formula is C15H12O2S. The molecular weight excluding hydrogens is 244 g/mol. The molecule has 0 unspecified atom stereocenters. The lowest BCUT2D eigenvalue weighted by Crippen LogP contribution is -2.09. The van der Waals surface area contributed by atoms with Gasteiger partial charge in [0.1, 0.15) is 5.75 Å². The van der Waals surface area contributed by atoms with E-state index in [9.17, 15) is 4.79 Å². The standard InChI is InChI=1S/C15H12O2S/c1-2-6-14(12-9-10-18-11-12)15(16)17-13-7-4-3-5-8-13/h2-11H,1H2. The Morgan fingerprint density at radius 3 is 2.61 bits per heavy atom. The van der Waals surface area contributed by atoms with E-state index in [1.165, 1.54) is 11.3 Å². The predicted octanol–water partition coefficient (Wildman–Crippen LogP) is 3.92. The van der Waals surface area contributed by atoms with Gasteiger partial charge in [-0.1, -0.05) is 30.9 Å². The summed E-state index contributed by atoms with van der Waals surface area (Å²) in [6.45, 7) is 3.62. The molecule has 18 heavy (non-hydrogen) atoms. The van der Waals surface area contributed by atoms with Crippen LogP contribution in [-0.4, -0.2) is 5.97 Å². The first-order valence-electron chi connectivity index (χ1n) is 5.44. The van der Waals surface area contributed by atoms with Crippen molar-refractivity contribution in [3.05, 3.63) is 71.5 Å². The van der Waals surface area contributed by atoms with Crippen molar-refractivity contribution < 1.29 is 9.53 Å². The van der Waals surface area contributed by atoms with Gasteiger partial charge in [-0.05, 0) is 40.6 Å². The Balaban J connectivity index is 2.21. The molecule has 0 saturated heterocycles. The maximum atomic E-state index is 12.1. The summed E-state index contributed by atoms with van der Waals surface area (Å²) in [6.07, 6.45) is 3.24. The van der Waals surface area contributed by atoms with Crippen molar-refractivity contribution in [2.75, 3.05) is 0 Å². The number of allylic oxidation sites excluding steroid dienone is 2. The van der Waals surface area contributed by atoms with E-state index in [1.807, 2.05) is 35.0 Å². The van der Waals surface area contributed by atoms with Crippen LogP contribution in [0.1, 0.15) is 5.56 Å². The van der Waals surface area contributed by atoms with E-state index in [4.69, 9.17) is 4.74 Å². The molecule has 0 bridgehead atoms. The monoisotopic (exact) mass is 256 g/mol. The molecule has 1 aromatic heterocycles. The zero-order valence-electron chi connectivity index (χ0n) is 9.71. The number of esters is 1. The molecule has 2 aromatic rings. The summed E-state index contributed by atoms with van der Waals surface area (Å²) in [4.78, 5) is 12.1. The van der Waals surface area contributed by atoms with Crippen molar-refractivity contribution >= 4 is 22.9 Å². The summed E-state index contributed by atoms with van der Waals surface area (Å²) in [7, 11) is 0. The largest absolute Gasteiger partial charge is 0.423 e. The van der Waals surface area contributed by atoms with Gasteiger partial charge in [0.2, 0.25) is 0 Å². The zero-order valence-corrected chi connectivity index (χ0v) is 10.5. The molecule has 0 N–H and O–H groups in total. The molecule has 3 heteroatoms. The minimum absolute atomic E-state index is 0.375. The first kappa shape index (κ1) is 12.3. The molecule has 1 heterocycles. The van der Waals surface area contributed by atoms with Gasteiger partial charge in [0.25, 0.3) is 0 Å². The van der Waals surface area contributed by atoms with Crippen molar-refractivity contribution in [1.82, 2.24) is 0 Å². The number of hydrogen-bond donors (Lipinski definition) is 0. The maximum absolute atomic E-state index is 12.1. The topological polar surface area (TPSA) is 26.3 Å². The van der Waals surface area contributed by atoms with Gasteiger partial charge in [-0.2, -0.15) is 11.3 Å². The van der Waals surface area contributed by atoms with Crippen LogP contribution < -0.4 is 4.74 Å². The SMILES string of the molecule is C=CC=C(C(=O)Oc1ccccc1)c1ccsc1. The van der Waals surface area contributed by atoms with Crippen LogP contribution in [0.25, 0.3) is 5.57 Å². The first-order chi connectivity index (χ1) is 8.81. The van der Waals surface area contributed by atoms with Crippen LogP contribution in [0.15, 0.2) is 65.9 Å². The summed E-state index contributed by atoms with van der Waals surface area (Å²) in [5, 5.41) is 3.82. The highest BCUT2D eigenvalue weighted by atomic mass is 32.1. The Hall–Kier alpha value is -2.13. The summed E-state index contributed by atoms with van der Waals surface area (Å²) in [6, 6.07) is 10.9. The van der Waals surface area contributed by atoms with Crippen molar-refractivity contribution in [2.24, 2.45) is 0 Å². The average molecular weight is 256 g/mol. The third-order valence-corrected chi connectivity index (χ3v) is 2.97. The molecule has 0 fully saturated rings. The molecule has 2 nitrogen and oxygen atoms in total. The summed E-state index contributed by atoms with van der Waals surface area (Å²) in [5.41, 5.74) is 1.36. The smallest absolute Gasteiger partial charge is 0.344 e. The van der Waals surface area contributed by atoms with E-state index in [2.05, 4.69) is 6.58 Å². The first-order valence-corrected chi connectivity index (χ1v) is 6.38. The molecule has 90 valence electrons. The van der Waals surface area contributed by atoms with Crippen LogP contribution in [-0.2, 0) is 4.79 Å². The zero-order chi connectivity index (χ0) is 12.8. The lowest BCUT2D eigenvalue weighted by molar-refractivity contribution is -0.127. The van der Waals surface area contributed by atoms with Crippen LogP contribution in [0.2, 0.25) is 0 Å². The molecule has 0 aliphatic rings. The Kier molecular flexibility index (Phi) is 4.10. The summed E-state index contributed by atoms with van der Waals surface area (Å²) < 4.78 is 5.30. The van der Waals surface area contributed by atoms with Crippen molar-refractivity contribution in [1.29, 1.82) is 0 Å². The fraction of sp³-hybridized carbons (Fsp3) is 0. The molecule has 2 rings (SSSR count). The van der Waals surface area contributed by atoms with Gasteiger partial charge < -0.3 is 4.74 Å². The molecule has 0 saturated carbocycles. The number of para-hydroxylation sites is 1. The van der Waals surface area contributed by atoms with Gasteiger partial charge in [0, 0.05) is 0 Å². The lowest BCUT2D eigenvalue weighted by Gasteiger charge is -2.06. The van der Waals surface area contributed by atoms with Gasteiger partial charge in [0.05, 0.1) is 5.57 Å². The third kappa shape index (κ3) is 2.96. The highest BCUT2D eigenvalue weighted by molar-refractivity contribution is 7.08. The molecule has 0 aliphatic carbocycles. The Labute approximate surface area is 110 Å². The normalized spacial score (nSPS) is 11.0. The second kappa shape index (κ2) is 5.98. The van der Waals surface area contributed by atoms with Gasteiger partial charge in [-0.3, -0.25) is 0 Å². The molecule has 0 spiro atoms. The van der Waals surface area contributed by atoms with Crippen molar-refractivity contribution in [3.63, 3.8) is 0 Å². The number of carbonyl (C=O) groups is 1. The Morgan fingerprint density at radius 2 is 2.00 bits per heavy atom. The van der Waals surface area contributed by atoms with E-state index in [-0.39, 0.29) is 5.97 Å². The van der Waals surface area contributed by atoms with Crippen LogP contribution in [0, 0.1) is 0 Å². The number of hydrogen-bond acceptors (Lipinski definition) is 3. The molecule has 1 aromatic carbocycles.